The van der Waals surface area contributed by atoms with Gasteiger partial charge in [0.25, 0.3) is 0 Å². The molecule has 1 aromatic carbocycles. The summed E-state index contributed by atoms with van der Waals surface area (Å²) in [6.45, 7) is 5.01. The predicted octanol–water partition coefficient (Wildman–Crippen LogP) is 4.09. The molecule has 86 valence electrons. The smallest absolute Gasteiger partial charge is 0.116 e. The molecule has 0 bridgehead atoms. The van der Waals surface area contributed by atoms with Gasteiger partial charge in [0.1, 0.15) is 6.61 Å². The molecule has 0 heterocycles. The molecule has 0 radical (unpaired) electrons. The van der Waals surface area contributed by atoms with E-state index in [9.17, 15) is 0 Å². The van der Waals surface area contributed by atoms with Gasteiger partial charge in [0.15, 0.2) is 0 Å². The van der Waals surface area contributed by atoms with Crippen molar-refractivity contribution in [2.45, 2.75) is 32.6 Å². The zero-order valence-corrected chi connectivity index (χ0v) is 11.3. The standard InChI is InChI=1S/C13H16BrNO/c1-3-7-16-15-12-8-9(2)13-10(12)5-4-6-11(13)14/h4-6,9H,3,7-8H2,1-2H3/b15-12-/t9-/m0/s1. The highest BCUT2D eigenvalue weighted by Crippen LogP contribution is 2.37. The Labute approximate surface area is 105 Å². The first-order valence-electron chi connectivity index (χ1n) is 5.71. The largest absolute Gasteiger partial charge is 0.396 e. The molecular weight excluding hydrogens is 266 g/mol. The number of halogens is 1. The third-order valence-electron chi connectivity index (χ3n) is 2.83. The highest BCUT2D eigenvalue weighted by Gasteiger charge is 2.26. The molecule has 0 fully saturated rings. The normalized spacial score (nSPS) is 21.2. The third kappa shape index (κ3) is 2.14. The fraction of sp³-hybridized carbons (Fsp3) is 0.462. The van der Waals surface area contributed by atoms with Crippen molar-refractivity contribution in [3.05, 3.63) is 33.8 Å². The van der Waals surface area contributed by atoms with Crippen LogP contribution in [-0.4, -0.2) is 12.3 Å². The van der Waals surface area contributed by atoms with E-state index in [0.29, 0.717) is 12.5 Å². The molecule has 1 atom stereocenters. The van der Waals surface area contributed by atoms with Crippen LogP contribution in [0, 0.1) is 0 Å². The quantitative estimate of drug-likeness (QED) is 0.604. The van der Waals surface area contributed by atoms with Crippen molar-refractivity contribution in [3.63, 3.8) is 0 Å². The van der Waals surface area contributed by atoms with Gasteiger partial charge < -0.3 is 4.84 Å². The van der Waals surface area contributed by atoms with Gasteiger partial charge in [0.2, 0.25) is 0 Å². The molecule has 16 heavy (non-hydrogen) atoms. The molecule has 0 amide bonds. The van der Waals surface area contributed by atoms with Crippen molar-refractivity contribution < 1.29 is 4.84 Å². The maximum absolute atomic E-state index is 5.28. The Hall–Kier alpha value is -0.830. The number of oxime groups is 1. The maximum atomic E-state index is 5.28. The van der Waals surface area contributed by atoms with Gasteiger partial charge in [-0.15, -0.1) is 0 Å². The molecule has 0 saturated heterocycles. The first kappa shape index (κ1) is 11.6. The molecular formula is C13H16BrNO. The highest BCUT2D eigenvalue weighted by molar-refractivity contribution is 9.10. The number of fused-ring (bicyclic) bond motifs is 1. The molecule has 0 aromatic heterocycles. The summed E-state index contributed by atoms with van der Waals surface area (Å²) in [5.41, 5.74) is 3.68. The first-order valence-corrected chi connectivity index (χ1v) is 6.51. The minimum atomic E-state index is 0.523. The Bertz CT molecular complexity index is 414. The minimum Gasteiger partial charge on any atom is -0.396 e. The number of hydrogen-bond acceptors (Lipinski definition) is 2. The van der Waals surface area contributed by atoms with Gasteiger partial charge in [-0.3, -0.25) is 0 Å². The van der Waals surface area contributed by atoms with Crippen LogP contribution in [-0.2, 0) is 4.84 Å². The molecule has 0 N–H and O–H groups in total. The van der Waals surface area contributed by atoms with E-state index >= 15 is 0 Å². The molecule has 1 aliphatic carbocycles. The molecule has 1 aromatic rings. The van der Waals surface area contributed by atoms with Gasteiger partial charge in [-0.05, 0) is 24.0 Å². The van der Waals surface area contributed by atoms with Gasteiger partial charge in [-0.1, -0.05) is 47.1 Å². The van der Waals surface area contributed by atoms with Gasteiger partial charge in [-0.25, -0.2) is 0 Å². The molecule has 1 aliphatic rings. The average molecular weight is 282 g/mol. The molecule has 0 aliphatic heterocycles. The Morgan fingerprint density at radius 1 is 1.50 bits per heavy atom. The van der Waals surface area contributed by atoms with Crippen LogP contribution in [0.1, 0.15) is 43.7 Å². The summed E-state index contributed by atoms with van der Waals surface area (Å²) in [5.74, 6) is 0.523. The van der Waals surface area contributed by atoms with Gasteiger partial charge in [0, 0.05) is 16.5 Å². The SMILES string of the molecule is CCCO/N=C1/C[C@H](C)c2c(Br)cccc21. The zero-order valence-electron chi connectivity index (χ0n) is 9.66. The highest BCUT2D eigenvalue weighted by atomic mass is 79.9. The third-order valence-corrected chi connectivity index (χ3v) is 3.52. The van der Waals surface area contributed by atoms with Crippen LogP contribution in [0.3, 0.4) is 0 Å². The van der Waals surface area contributed by atoms with E-state index in [2.05, 4.69) is 53.1 Å². The monoisotopic (exact) mass is 281 g/mol. The minimum absolute atomic E-state index is 0.523. The van der Waals surface area contributed by atoms with E-state index in [-0.39, 0.29) is 0 Å². The van der Waals surface area contributed by atoms with Gasteiger partial charge >= 0.3 is 0 Å². The summed E-state index contributed by atoms with van der Waals surface area (Å²) in [4.78, 5) is 5.28. The van der Waals surface area contributed by atoms with Crippen LogP contribution in [0.2, 0.25) is 0 Å². The van der Waals surface area contributed by atoms with Crippen molar-refractivity contribution in [1.82, 2.24) is 0 Å². The van der Waals surface area contributed by atoms with Gasteiger partial charge in [0.05, 0.1) is 5.71 Å². The zero-order chi connectivity index (χ0) is 11.5. The predicted molar refractivity (Wildman–Crippen MR) is 70.0 cm³/mol. The number of benzene rings is 1. The van der Waals surface area contributed by atoms with Crippen molar-refractivity contribution in [2.75, 3.05) is 6.61 Å². The number of nitrogens with zero attached hydrogens (tertiary/aromatic N) is 1. The van der Waals surface area contributed by atoms with Crippen molar-refractivity contribution in [3.8, 4) is 0 Å². The summed E-state index contributed by atoms with van der Waals surface area (Å²) < 4.78 is 1.18. The molecule has 0 unspecified atom stereocenters. The lowest BCUT2D eigenvalue weighted by Gasteiger charge is -2.05. The molecule has 0 spiro atoms. The molecule has 0 saturated carbocycles. The summed E-state index contributed by atoms with van der Waals surface area (Å²) in [6, 6.07) is 6.26. The second kappa shape index (κ2) is 5.00. The fourth-order valence-corrected chi connectivity index (χ4v) is 2.85. The van der Waals surface area contributed by atoms with E-state index in [1.807, 2.05) is 0 Å². The summed E-state index contributed by atoms with van der Waals surface area (Å²) in [7, 11) is 0. The van der Waals surface area contributed by atoms with Crippen LogP contribution >= 0.6 is 15.9 Å². The first-order chi connectivity index (χ1) is 7.74. The molecule has 2 rings (SSSR count). The number of hydrogen-bond donors (Lipinski definition) is 0. The lowest BCUT2D eigenvalue weighted by Crippen LogP contribution is -1.97. The van der Waals surface area contributed by atoms with E-state index in [0.717, 1.165) is 18.6 Å². The Balaban J connectivity index is 2.29. The second-order valence-corrected chi connectivity index (χ2v) is 5.03. The van der Waals surface area contributed by atoms with Crippen LogP contribution in [0.15, 0.2) is 27.8 Å². The van der Waals surface area contributed by atoms with Crippen molar-refractivity contribution in [1.29, 1.82) is 0 Å². The van der Waals surface area contributed by atoms with Crippen LogP contribution in [0.5, 0.6) is 0 Å². The van der Waals surface area contributed by atoms with Crippen LogP contribution in [0.25, 0.3) is 0 Å². The second-order valence-electron chi connectivity index (χ2n) is 4.18. The summed E-state index contributed by atoms with van der Waals surface area (Å²) >= 11 is 3.60. The van der Waals surface area contributed by atoms with Crippen LogP contribution in [0.4, 0.5) is 0 Å². The fourth-order valence-electron chi connectivity index (χ4n) is 2.09. The topological polar surface area (TPSA) is 21.6 Å². The lowest BCUT2D eigenvalue weighted by molar-refractivity contribution is 0.144. The van der Waals surface area contributed by atoms with Gasteiger partial charge in [-0.2, -0.15) is 0 Å². The maximum Gasteiger partial charge on any atom is 0.116 e. The molecule has 2 nitrogen and oxygen atoms in total. The lowest BCUT2D eigenvalue weighted by atomic mass is 10.0. The number of rotatable bonds is 3. The van der Waals surface area contributed by atoms with E-state index < -0.39 is 0 Å². The van der Waals surface area contributed by atoms with Crippen LogP contribution < -0.4 is 0 Å². The van der Waals surface area contributed by atoms with E-state index in [1.165, 1.54) is 15.6 Å². The summed E-state index contributed by atoms with van der Waals surface area (Å²) in [5, 5.41) is 4.24. The summed E-state index contributed by atoms with van der Waals surface area (Å²) in [6.07, 6.45) is 1.97. The Morgan fingerprint density at radius 2 is 2.31 bits per heavy atom. The van der Waals surface area contributed by atoms with E-state index in [4.69, 9.17) is 4.84 Å². The average Bonchev–Trinajstić information content (AvgIpc) is 2.58. The molecule has 3 heteroatoms. The van der Waals surface area contributed by atoms with E-state index in [1.54, 1.807) is 0 Å². The Kier molecular flexibility index (Phi) is 3.64. The Morgan fingerprint density at radius 3 is 3.06 bits per heavy atom. The van der Waals surface area contributed by atoms with Crippen molar-refractivity contribution in [2.24, 2.45) is 5.16 Å². The van der Waals surface area contributed by atoms with Crippen molar-refractivity contribution >= 4 is 21.6 Å².